The molecule has 0 fully saturated rings. The topological polar surface area (TPSA) is 37.0 Å². The van der Waals surface area contributed by atoms with Gasteiger partial charge < -0.3 is 10.6 Å². The lowest BCUT2D eigenvalue weighted by molar-refractivity contribution is 1.17. The molecule has 0 bridgehead atoms. The number of fused-ring (bicyclic) bond motifs is 1. The van der Waals surface area contributed by atoms with Crippen molar-refractivity contribution in [2.24, 2.45) is 0 Å². The van der Waals surface area contributed by atoms with Gasteiger partial charge in [-0.25, -0.2) is 4.98 Å². The molecular formula is C12H15N3. The Balaban J connectivity index is 2.60. The predicted octanol–water partition coefficient (Wildman–Crippen LogP) is 2.71. The van der Waals surface area contributed by atoms with Gasteiger partial charge in [0.25, 0.3) is 0 Å². The first-order chi connectivity index (χ1) is 7.35. The maximum Gasteiger partial charge on any atom is 0.128 e. The molecule has 3 nitrogen and oxygen atoms in total. The predicted molar refractivity (Wildman–Crippen MR) is 65.5 cm³/mol. The van der Waals surface area contributed by atoms with Gasteiger partial charge in [0.1, 0.15) is 5.82 Å². The maximum absolute atomic E-state index is 4.52. The van der Waals surface area contributed by atoms with Crippen molar-refractivity contribution >= 4 is 22.4 Å². The fourth-order valence-electron chi connectivity index (χ4n) is 1.65. The van der Waals surface area contributed by atoms with E-state index in [0.717, 1.165) is 29.0 Å². The lowest BCUT2D eigenvalue weighted by Gasteiger charge is -2.09. The molecular weight excluding hydrogens is 186 g/mol. The summed E-state index contributed by atoms with van der Waals surface area (Å²) >= 11 is 0. The minimum atomic E-state index is 0.883. The lowest BCUT2D eigenvalue weighted by Crippen LogP contribution is -2.01. The third kappa shape index (κ3) is 1.86. The normalized spacial score (nSPS) is 10.3. The van der Waals surface area contributed by atoms with Crippen molar-refractivity contribution in [3.05, 3.63) is 30.3 Å². The van der Waals surface area contributed by atoms with E-state index in [0.29, 0.717) is 0 Å². The summed E-state index contributed by atoms with van der Waals surface area (Å²) in [7, 11) is 1.93. The number of hydrogen-bond acceptors (Lipinski definition) is 3. The molecule has 2 N–H and O–H groups in total. The third-order valence-corrected chi connectivity index (χ3v) is 2.34. The highest BCUT2D eigenvalue weighted by atomic mass is 15.0. The molecule has 2 aromatic rings. The molecule has 15 heavy (non-hydrogen) atoms. The SMILES string of the molecule is CCNc1cc(NC)c2ccccc2n1. The van der Waals surface area contributed by atoms with Crippen LogP contribution in [0, 0.1) is 0 Å². The largest absolute Gasteiger partial charge is 0.387 e. The van der Waals surface area contributed by atoms with Crippen LogP contribution in [0.5, 0.6) is 0 Å². The summed E-state index contributed by atoms with van der Waals surface area (Å²) in [4.78, 5) is 4.52. The molecule has 0 saturated carbocycles. The number of nitrogens with one attached hydrogen (secondary N) is 2. The molecule has 2 rings (SSSR count). The average molecular weight is 201 g/mol. The van der Waals surface area contributed by atoms with E-state index in [1.807, 2.05) is 31.3 Å². The molecule has 0 atom stereocenters. The highest BCUT2D eigenvalue weighted by molar-refractivity contribution is 5.92. The van der Waals surface area contributed by atoms with E-state index in [2.05, 4.69) is 28.6 Å². The summed E-state index contributed by atoms with van der Waals surface area (Å²) < 4.78 is 0. The van der Waals surface area contributed by atoms with Crippen molar-refractivity contribution in [1.82, 2.24) is 4.98 Å². The van der Waals surface area contributed by atoms with Gasteiger partial charge in [0.15, 0.2) is 0 Å². The second-order valence-electron chi connectivity index (χ2n) is 3.35. The van der Waals surface area contributed by atoms with E-state index >= 15 is 0 Å². The summed E-state index contributed by atoms with van der Waals surface area (Å²) in [5.41, 5.74) is 2.12. The van der Waals surface area contributed by atoms with Gasteiger partial charge in [0.2, 0.25) is 0 Å². The number of anilines is 2. The van der Waals surface area contributed by atoms with Crippen LogP contribution in [0.4, 0.5) is 11.5 Å². The first kappa shape index (κ1) is 9.77. The van der Waals surface area contributed by atoms with Crippen LogP contribution in [0.3, 0.4) is 0 Å². The van der Waals surface area contributed by atoms with Crippen LogP contribution in [0.2, 0.25) is 0 Å². The van der Waals surface area contributed by atoms with E-state index in [-0.39, 0.29) is 0 Å². The highest BCUT2D eigenvalue weighted by Gasteiger charge is 2.02. The molecule has 0 unspecified atom stereocenters. The summed E-state index contributed by atoms with van der Waals surface area (Å²) in [6.45, 7) is 2.95. The van der Waals surface area contributed by atoms with E-state index < -0.39 is 0 Å². The zero-order valence-electron chi connectivity index (χ0n) is 9.04. The van der Waals surface area contributed by atoms with Crippen LogP contribution in [0.15, 0.2) is 30.3 Å². The summed E-state index contributed by atoms with van der Waals surface area (Å²) in [6.07, 6.45) is 0. The number of benzene rings is 1. The van der Waals surface area contributed by atoms with Gasteiger partial charge in [0, 0.05) is 30.7 Å². The highest BCUT2D eigenvalue weighted by Crippen LogP contribution is 2.24. The zero-order valence-corrected chi connectivity index (χ0v) is 9.04. The minimum absolute atomic E-state index is 0.883. The Kier molecular flexibility index (Phi) is 2.72. The van der Waals surface area contributed by atoms with Crippen molar-refractivity contribution in [1.29, 1.82) is 0 Å². The van der Waals surface area contributed by atoms with Crippen LogP contribution in [-0.2, 0) is 0 Å². The number of nitrogens with zero attached hydrogens (tertiary/aromatic N) is 1. The summed E-state index contributed by atoms with van der Waals surface area (Å²) in [5.74, 6) is 0.917. The van der Waals surface area contributed by atoms with Crippen molar-refractivity contribution in [2.45, 2.75) is 6.92 Å². The van der Waals surface area contributed by atoms with Crippen LogP contribution < -0.4 is 10.6 Å². The second kappa shape index (κ2) is 4.17. The molecule has 0 aliphatic rings. The number of rotatable bonds is 3. The van der Waals surface area contributed by atoms with Crippen molar-refractivity contribution in [3.63, 3.8) is 0 Å². The minimum Gasteiger partial charge on any atom is -0.387 e. The van der Waals surface area contributed by atoms with Gasteiger partial charge in [-0.3, -0.25) is 0 Å². The average Bonchev–Trinajstić information content (AvgIpc) is 2.28. The van der Waals surface area contributed by atoms with Gasteiger partial charge in [-0.15, -0.1) is 0 Å². The van der Waals surface area contributed by atoms with Gasteiger partial charge in [0.05, 0.1) is 5.52 Å². The van der Waals surface area contributed by atoms with E-state index in [1.54, 1.807) is 0 Å². The van der Waals surface area contributed by atoms with E-state index in [4.69, 9.17) is 0 Å². The fraction of sp³-hybridized carbons (Fsp3) is 0.250. The van der Waals surface area contributed by atoms with Gasteiger partial charge in [-0.05, 0) is 13.0 Å². The van der Waals surface area contributed by atoms with Crippen LogP contribution in [-0.4, -0.2) is 18.6 Å². The Morgan fingerprint density at radius 3 is 2.80 bits per heavy atom. The molecule has 78 valence electrons. The Labute approximate surface area is 89.5 Å². The number of aromatic nitrogens is 1. The molecule has 0 spiro atoms. The van der Waals surface area contributed by atoms with Gasteiger partial charge >= 0.3 is 0 Å². The molecule has 0 aliphatic carbocycles. The summed E-state index contributed by atoms with van der Waals surface area (Å²) in [5, 5.41) is 7.57. The standard InChI is InChI=1S/C12H15N3/c1-3-14-12-8-11(13-2)9-6-4-5-7-10(9)15-12/h4-8H,3H2,1-2H3,(H2,13,14,15). The molecule has 1 aromatic carbocycles. The monoisotopic (exact) mass is 201 g/mol. The van der Waals surface area contributed by atoms with Gasteiger partial charge in [-0.2, -0.15) is 0 Å². The first-order valence-corrected chi connectivity index (χ1v) is 5.16. The smallest absolute Gasteiger partial charge is 0.128 e. The van der Waals surface area contributed by atoms with Gasteiger partial charge in [-0.1, -0.05) is 18.2 Å². The van der Waals surface area contributed by atoms with Crippen LogP contribution >= 0.6 is 0 Å². The second-order valence-corrected chi connectivity index (χ2v) is 3.35. The molecule has 0 radical (unpaired) electrons. The zero-order chi connectivity index (χ0) is 10.7. The van der Waals surface area contributed by atoms with Crippen molar-refractivity contribution < 1.29 is 0 Å². The van der Waals surface area contributed by atoms with Crippen LogP contribution in [0.25, 0.3) is 10.9 Å². The van der Waals surface area contributed by atoms with Crippen molar-refractivity contribution in [3.8, 4) is 0 Å². The van der Waals surface area contributed by atoms with Crippen molar-refractivity contribution in [2.75, 3.05) is 24.2 Å². The third-order valence-electron chi connectivity index (χ3n) is 2.34. The number of para-hydroxylation sites is 1. The quantitative estimate of drug-likeness (QED) is 0.801. The lowest BCUT2D eigenvalue weighted by atomic mass is 10.2. The molecule has 0 saturated heterocycles. The first-order valence-electron chi connectivity index (χ1n) is 5.16. The molecule has 1 aromatic heterocycles. The molecule has 3 heteroatoms. The Morgan fingerprint density at radius 1 is 1.27 bits per heavy atom. The molecule has 0 amide bonds. The number of hydrogen-bond donors (Lipinski definition) is 2. The Bertz CT molecular complexity index is 465. The molecule has 1 heterocycles. The number of pyridine rings is 1. The van der Waals surface area contributed by atoms with E-state index in [9.17, 15) is 0 Å². The fourth-order valence-corrected chi connectivity index (χ4v) is 1.65. The van der Waals surface area contributed by atoms with Crippen LogP contribution in [0.1, 0.15) is 6.92 Å². The Morgan fingerprint density at radius 2 is 2.07 bits per heavy atom. The Hall–Kier alpha value is -1.77. The molecule has 0 aliphatic heterocycles. The summed E-state index contributed by atoms with van der Waals surface area (Å²) in [6, 6.07) is 10.2. The van der Waals surface area contributed by atoms with E-state index in [1.165, 1.54) is 0 Å². The maximum atomic E-state index is 4.52.